The molecule has 1 aromatic rings. The van der Waals surface area contributed by atoms with E-state index >= 15 is 0 Å². The van der Waals surface area contributed by atoms with E-state index in [-0.39, 0.29) is 46.6 Å². The molecule has 8 heteroatoms. The average molecular weight is 281 g/mol. The third kappa shape index (κ3) is 4.91. The van der Waals surface area contributed by atoms with Gasteiger partial charge in [0.25, 0.3) is 10.1 Å². The Bertz CT molecular complexity index is 466. The second kappa shape index (κ2) is 5.72. The molecule has 0 amide bonds. The predicted molar refractivity (Wildman–Crippen MR) is 54.5 cm³/mol. The fourth-order valence-electron chi connectivity index (χ4n) is 0.926. The number of hydrogen-bond acceptors (Lipinski definition) is 3. The molecule has 0 saturated carbocycles. The third-order valence-electron chi connectivity index (χ3n) is 1.45. The van der Waals surface area contributed by atoms with Gasteiger partial charge >= 0.3 is 29.6 Å². The summed E-state index contributed by atoms with van der Waals surface area (Å²) in [5.74, 6) is -1.12. The van der Waals surface area contributed by atoms with Crippen molar-refractivity contribution in [3.05, 3.63) is 27.7 Å². The summed E-state index contributed by atoms with van der Waals surface area (Å²) in [5.41, 5.74) is -0.0370. The fraction of sp³-hybridized carbons (Fsp3) is 0.143. The quantitative estimate of drug-likeness (QED) is 0.550. The summed E-state index contributed by atoms with van der Waals surface area (Å²) < 4.78 is 29.6. The normalized spacial score (nSPS) is 10.9. The third-order valence-corrected chi connectivity index (χ3v) is 2.63. The summed E-state index contributed by atoms with van der Waals surface area (Å²) in [6.07, 6.45) is 0. The van der Waals surface area contributed by atoms with Crippen molar-refractivity contribution in [3.8, 4) is 5.75 Å². The minimum atomic E-state index is -4.21. The molecule has 0 radical (unpaired) electrons. The minimum absolute atomic E-state index is 0. The van der Waals surface area contributed by atoms with Gasteiger partial charge in [0, 0.05) is 10.6 Å². The van der Waals surface area contributed by atoms with Crippen LogP contribution in [0.4, 0.5) is 0 Å². The van der Waals surface area contributed by atoms with Crippen LogP contribution in [0.5, 0.6) is 5.75 Å². The van der Waals surface area contributed by atoms with Crippen LogP contribution in [0.3, 0.4) is 0 Å². The van der Waals surface area contributed by atoms with E-state index in [1.807, 2.05) is 0 Å². The first-order valence-corrected chi connectivity index (χ1v) is 5.78. The molecule has 80 valence electrons. The number of aromatic hydroxyl groups is 1. The van der Waals surface area contributed by atoms with Crippen molar-refractivity contribution in [3.63, 3.8) is 0 Å². The predicted octanol–water partition coefficient (Wildman–Crippen LogP) is -0.797. The molecule has 0 bridgehead atoms. The molecule has 0 aliphatic carbocycles. The van der Waals surface area contributed by atoms with Crippen LogP contribution in [-0.4, -0.2) is 18.1 Å². The largest absolute Gasteiger partial charge is 1.00 e. The van der Waals surface area contributed by atoms with Gasteiger partial charge in [0.15, 0.2) is 0 Å². The van der Waals surface area contributed by atoms with Crippen molar-refractivity contribution in [2.75, 3.05) is 0 Å². The SMILES string of the molecule is O=S(=O)(O)Cc1cc(Cl)cc(Cl)c1O.[H-].[Na+]. The first kappa shape index (κ1) is 15.5. The van der Waals surface area contributed by atoms with E-state index in [1.165, 1.54) is 12.1 Å². The molecular formula is C7H7Cl2NaO4S. The molecule has 0 aromatic heterocycles. The van der Waals surface area contributed by atoms with E-state index in [0.717, 1.165) is 0 Å². The second-order valence-corrected chi connectivity index (χ2v) is 4.92. The molecule has 0 aliphatic heterocycles. The Morgan fingerprint density at radius 3 is 2.33 bits per heavy atom. The van der Waals surface area contributed by atoms with E-state index in [4.69, 9.17) is 27.8 Å². The Kier molecular flexibility index (Phi) is 5.92. The first-order chi connectivity index (χ1) is 6.29. The van der Waals surface area contributed by atoms with Crippen molar-refractivity contribution in [1.29, 1.82) is 0 Å². The second-order valence-electron chi connectivity index (χ2n) is 2.62. The molecule has 0 atom stereocenters. The van der Waals surface area contributed by atoms with Gasteiger partial charge < -0.3 is 6.53 Å². The first-order valence-electron chi connectivity index (χ1n) is 3.41. The van der Waals surface area contributed by atoms with Crippen LogP contribution in [0.15, 0.2) is 12.1 Å². The van der Waals surface area contributed by atoms with Crippen molar-refractivity contribution in [1.82, 2.24) is 0 Å². The molecule has 0 aliphatic rings. The number of phenols is 1. The van der Waals surface area contributed by atoms with Crippen molar-refractivity contribution in [2.24, 2.45) is 0 Å². The van der Waals surface area contributed by atoms with Gasteiger partial charge in [-0.05, 0) is 12.1 Å². The number of rotatable bonds is 2. The van der Waals surface area contributed by atoms with E-state index in [0.29, 0.717) is 0 Å². The topological polar surface area (TPSA) is 74.6 Å². The fourth-order valence-corrected chi connectivity index (χ4v) is 2.07. The van der Waals surface area contributed by atoms with E-state index in [1.54, 1.807) is 0 Å². The molecule has 0 heterocycles. The Balaban J connectivity index is 0. The zero-order chi connectivity index (χ0) is 10.9. The summed E-state index contributed by atoms with van der Waals surface area (Å²) in [4.78, 5) is 0. The van der Waals surface area contributed by atoms with E-state index in [9.17, 15) is 13.5 Å². The molecule has 0 fully saturated rings. The summed E-state index contributed by atoms with van der Waals surface area (Å²) in [6.45, 7) is 0. The van der Waals surface area contributed by atoms with Gasteiger partial charge in [-0.1, -0.05) is 23.2 Å². The maximum Gasteiger partial charge on any atom is 1.00 e. The number of benzene rings is 1. The average Bonchev–Trinajstić information content (AvgIpc) is 1.96. The van der Waals surface area contributed by atoms with Gasteiger partial charge in [0.2, 0.25) is 0 Å². The molecule has 1 rings (SSSR count). The Morgan fingerprint density at radius 1 is 1.33 bits per heavy atom. The standard InChI is InChI=1S/C7H6Cl2O4S.Na.H/c8-5-1-4(3-14(11,12)13)7(10)6(9)2-5;;/h1-2,10H,3H2,(H,11,12,13);;/q;+1;-1. The van der Waals surface area contributed by atoms with Gasteiger partial charge in [-0.3, -0.25) is 4.55 Å². The van der Waals surface area contributed by atoms with Gasteiger partial charge in [-0.25, -0.2) is 0 Å². The van der Waals surface area contributed by atoms with Crippen LogP contribution in [0.25, 0.3) is 0 Å². The maximum absolute atomic E-state index is 10.5. The van der Waals surface area contributed by atoms with Gasteiger partial charge in [0.05, 0.1) is 5.02 Å². The summed E-state index contributed by atoms with van der Waals surface area (Å²) in [7, 11) is -4.21. The molecule has 2 N–H and O–H groups in total. The number of halogens is 2. The Labute approximate surface area is 121 Å². The molecule has 0 unspecified atom stereocenters. The van der Waals surface area contributed by atoms with Crippen LogP contribution in [0.1, 0.15) is 6.99 Å². The minimum Gasteiger partial charge on any atom is -1.00 e. The maximum atomic E-state index is 10.5. The number of hydrogen-bond donors (Lipinski definition) is 2. The number of phenolic OH excluding ortho intramolecular Hbond substituents is 1. The smallest absolute Gasteiger partial charge is 1.00 e. The van der Waals surface area contributed by atoms with E-state index < -0.39 is 21.6 Å². The summed E-state index contributed by atoms with van der Waals surface area (Å²) >= 11 is 11.1. The Morgan fingerprint density at radius 2 is 1.87 bits per heavy atom. The molecular weight excluding hydrogens is 274 g/mol. The van der Waals surface area contributed by atoms with E-state index in [2.05, 4.69) is 0 Å². The summed E-state index contributed by atoms with van der Waals surface area (Å²) in [5, 5.41) is 9.45. The molecule has 0 spiro atoms. The van der Waals surface area contributed by atoms with Gasteiger partial charge in [-0.2, -0.15) is 8.42 Å². The monoisotopic (exact) mass is 280 g/mol. The summed E-state index contributed by atoms with van der Waals surface area (Å²) in [6, 6.07) is 2.49. The zero-order valence-electron chi connectivity index (χ0n) is 8.74. The van der Waals surface area contributed by atoms with Gasteiger partial charge in [0.1, 0.15) is 11.5 Å². The van der Waals surface area contributed by atoms with Crippen LogP contribution in [0.2, 0.25) is 10.0 Å². The van der Waals surface area contributed by atoms with Gasteiger partial charge in [-0.15, -0.1) is 0 Å². The van der Waals surface area contributed by atoms with Crippen LogP contribution < -0.4 is 29.6 Å². The molecule has 15 heavy (non-hydrogen) atoms. The van der Waals surface area contributed by atoms with Crippen molar-refractivity contribution >= 4 is 33.3 Å². The van der Waals surface area contributed by atoms with Crippen LogP contribution in [0, 0.1) is 0 Å². The molecule has 1 aromatic carbocycles. The Hall–Kier alpha value is 0.510. The zero-order valence-corrected chi connectivity index (χ0v) is 12.1. The van der Waals surface area contributed by atoms with Crippen LogP contribution >= 0.6 is 23.2 Å². The molecule has 0 saturated heterocycles. The molecule has 4 nitrogen and oxygen atoms in total. The van der Waals surface area contributed by atoms with Crippen molar-refractivity contribution in [2.45, 2.75) is 5.75 Å². The van der Waals surface area contributed by atoms with Crippen molar-refractivity contribution < 1.29 is 49.1 Å². The van der Waals surface area contributed by atoms with Crippen LogP contribution in [-0.2, 0) is 15.9 Å².